The van der Waals surface area contributed by atoms with Crippen molar-refractivity contribution < 1.29 is 12.6 Å². The van der Waals surface area contributed by atoms with E-state index in [9.17, 15) is 8.42 Å². The average Bonchev–Trinajstić information content (AvgIpc) is 2.16. The third-order valence-corrected chi connectivity index (χ3v) is 1.94. The molecule has 12 heavy (non-hydrogen) atoms. The number of thiol groups is 1. The van der Waals surface area contributed by atoms with Gasteiger partial charge in [0.25, 0.3) is 11.0 Å². The Morgan fingerprint density at radius 3 is 2.33 bits per heavy atom. The van der Waals surface area contributed by atoms with Crippen molar-refractivity contribution >= 4 is 11.0 Å². The fraction of sp³-hybridized carbons (Fsp3) is 0.500. The van der Waals surface area contributed by atoms with Gasteiger partial charge in [-0.1, -0.05) is 0 Å². The fourth-order valence-electron chi connectivity index (χ4n) is 0.961. The maximum atomic E-state index is 10.3. The first-order valence-corrected chi connectivity index (χ1v) is 4.44. The van der Waals surface area contributed by atoms with Crippen LogP contribution in [0.4, 0.5) is 0 Å². The Labute approximate surface area is 72.1 Å². The van der Waals surface area contributed by atoms with Crippen LogP contribution in [-0.4, -0.2) is 18.2 Å². The van der Waals surface area contributed by atoms with Gasteiger partial charge in [-0.15, -0.1) is 0 Å². The van der Waals surface area contributed by atoms with E-state index in [4.69, 9.17) is 0 Å². The average molecular weight is 190 g/mol. The molecule has 1 rings (SSSR count). The Hall–Kier alpha value is -1.04. The molecule has 0 N–H and O–H groups in total. The van der Waals surface area contributed by atoms with Gasteiger partial charge < -0.3 is 4.18 Å². The Morgan fingerprint density at radius 2 is 2.00 bits per heavy atom. The van der Waals surface area contributed by atoms with E-state index in [1.807, 2.05) is 0 Å². The van der Waals surface area contributed by atoms with Gasteiger partial charge in [0.05, 0.1) is 5.69 Å². The molecule has 0 aliphatic heterocycles. The zero-order valence-electron chi connectivity index (χ0n) is 7.07. The molecular formula is C6H10N2O3S. The molecule has 0 saturated heterocycles. The number of nitrogens with zero attached hydrogens (tertiary/aromatic N) is 2. The lowest BCUT2D eigenvalue weighted by Crippen LogP contribution is -1.94. The van der Waals surface area contributed by atoms with Gasteiger partial charge in [0.1, 0.15) is 5.69 Å². The minimum atomic E-state index is -2.85. The van der Waals surface area contributed by atoms with Crippen LogP contribution >= 0.6 is 0 Å². The van der Waals surface area contributed by atoms with Gasteiger partial charge in [0, 0.05) is 7.05 Å². The molecule has 68 valence electrons. The van der Waals surface area contributed by atoms with Crippen LogP contribution in [-0.2, 0) is 18.0 Å². The fourth-order valence-corrected chi connectivity index (χ4v) is 1.37. The van der Waals surface area contributed by atoms with Crippen molar-refractivity contribution in [3.05, 3.63) is 11.4 Å². The van der Waals surface area contributed by atoms with E-state index in [2.05, 4.69) is 9.28 Å². The van der Waals surface area contributed by atoms with Crippen molar-refractivity contribution in [1.82, 2.24) is 9.78 Å². The molecule has 0 aliphatic rings. The van der Waals surface area contributed by atoms with Gasteiger partial charge in [0.15, 0.2) is 5.75 Å². The molecule has 0 radical (unpaired) electrons. The highest BCUT2D eigenvalue weighted by molar-refractivity contribution is 7.67. The molecule has 0 saturated carbocycles. The number of rotatable bonds is 2. The molecule has 0 aliphatic carbocycles. The van der Waals surface area contributed by atoms with Gasteiger partial charge in [-0.25, -0.2) is 0 Å². The summed E-state index contributed by atoms with van der Waals surface area (Å²) in [5.41, 5.74) is 1.28. The summed E-state index contributed by atoms with van der Waals surface area (Å²) in [5.74, 6) is 0.327. The lowest BCUT2D eigenvalue weighted by molar-refractivity contribution is 0.506. The van der Waals surface area contributed by atoms with Crippen molar-refractivity contribution in [2.75, 3.05) is 0 Å². The number of hydrogen-bond donors (Lipinski definition) is 1. The molecule has 1 aromatic rings. The van der Waals surface area contributed by atoms with E-state index in [0.29, 0.717) is 17.1 Å². The lowest BCUT2D eigenvalue weighted by Gasteiger charge is -1.96. The molecule has 0 spiro atoms. The third kappa shape index (κ3) is 1.58. The monoisotopic (exact) mass is 190 g/mol. The Kier molecular flexibility index (Phi) is 2.37. The molecule has 0 atom stereocenters. The second-order valence-electron chi connectivity index (χ2n) is 2.44. The van der Waals surface area contributed by atoms with Gasteiger partial charge in [-0.2, -0.15) is 13.5 Å². The molecule has 6 heteroatoms. The van der Waals surface area contributed by atoms with Crippen molar-refractivity contribution in [3.8, 4) is 5.75 Å². The van der Waals surface area contributed by atoms with Crippen LogP contribution < -0.4 is 4.18 Å². The summed E-state index contributed by atoms with van der Waals surface area (Å²) < 4.78 is 26.7. The Morgan fingerprint density at radius 1 is 1.42 bits per heavy atom. The van der Waals surface area contributed by atoms with E-state index in [1.165, 1.54) is 0 Å². The highest BCUT2D eigenvalue weighted by Crippen LogP contribution is 2.20. The number of aryl methyl sites for hydroxylation is 2. The zero-order valence-corrected chi connectivity index (χ0v) is 7.96. The van der Waals surface area contributed by atoms with E-state index >= 15 is 0 Å². The van der Waals surface area contributed by atoms with E-state index < -0.39 is 11.0 Å². The van der Waals surface area contributed by atoms with E-state index in [1.54, 1.807) is 25.6 Å². The van der Waals surface area contributed by atoms with Gasteiger partial charge in [-0.3, -0.25) is 4.68 Å². The van der Waals surface area contributed by atoms with Crippen molar-refractivity contribution in [3.63, 3.8) is 0 Å². The maximum absolute atomic E-state index is 10.3. The first-order valence-electron chi connectivity index (χ1n) is 3.35. The molecule has 0 bridgehead atoms. The normalized spacial score (nSPS) is 10.7. The van der Waals surface area contributed by atoms with E-state index in [0.717, 1.165) is 0 Å². The first kappa shape index (κ1) is 9.05. The van der Waals surface area contributed by atoms with Crippen LogP contribution in [0.1, 0.15) is 11.4 Å². The SMILES string of the molecule is Cc1nn(C)c(C)c1O[SH](=O)=O. The second kappa shape index (κ2) is 3.14. The van der Waals surface area contributed by atoms with Crippen LogP contribution in [0.25, 0.3) is 0 Å². The predicted molar refractivity (Wildman–Crippen MR) is 43.6 cm³/mol. The van der Waals surface area contributed by atoms with Crippen molar-refractivity contribution in [2.24, 2.45) is 7.05 Å². The van der Waals surface area contributed by atoms with Crippen LogP contribution in [0.15, 0.2) is 0 Å². The van der Waals surface area contributed by atoms with Gasteiger partial charge in [0.2, 0.25) is 0 Å². The molecular weight excluding hydrogens is 180 g/mol. The quantitative estimate of drug-likeness (QED) is 0.664. The minimum absolute atomic E-state index is 0.327. The summed E-state index contributed by atoms with van der Waals surface area (Å²) in [6, 6.07) is 0. The van der Waals surface area contributed by atoms with Gasteiger partial charge >= 0.3 is 0 Å². The molecule has 0 unspecified atom stereocenters. The van der Waals surface area contributed by atoms with Crippen LogP contribution in [0.2, 0.25) is 0 Å². The second-order valence-corrected chi connectivity index (χ2v) is 3.07. The molecule has 5 nitrogen and oxygen atoms in total. The summed E-state index contributed by atoms with van der Waals surface area (Å²) in [5, 5.41) is 3.99. The molecule has 1 aromatic heterocycles. The molecule has 0 aromatic carbocycles. The highest BCUT2D eigenvalue weighted by Gasteiger charge is 2.10. The van der Waals surface area contributed by atoms with Gasteiger partial charge in [-0.05, 0) is 13.8 Å². The third-order valence-electron chi connectivity index (χ3n) is 1.61. The van der Waals surface area contributed by atoms with E-state index in [-0.39, 0.29) is 0 Å². The smallest absolute Gasteiger partial charge is 0.299 e. The van der Waals surface area contributed by atoms with Crippen molar-refractivity contribution in [1.29, 1.82) is 0 Å². The first-order chi connectivity index (χ1) is 5.52. The maximum Gasteiger partial charge on any atom is 0.299 e. The zero-order chi connectivity index (χ0) is 9.30. The van der Waals surface area contributed by atoms with Crippen molar-refractivity contribution in [2.45, 2.75) is 13.8 Å². The molecule has 0 amide bonds. The Balaban J connectivity index is 3.13. The summed E-state index contributed by atoms with van der Waals surface area (Å²) in [6.07, 6.45) is 0. The standard InChI is InChI=1S/C6H10N2O3S/c1-4-6(11-12(9)10)5(2)8(3)7-4/h12H,1-3H3. The van der Waals surface area contributed by atoms with Crippen LogP contribution in [0.5, 0.6) is 5.75 Å². The number of aromatic nitrogens is 2. The minimum Gasteiger partial charge on any atom is -0.380 e. The number of hydrogen-bond acceptors (Lipinski definition) is 4. The van der Waals surface area contributed by atoms with Crippen LogP contribution in [0.3, 0.4) is 0 Å². The molecule has 1 heterocycles. The predicted octanol–water partition coefficient (Wildman–Crippen LogP) is -0.0579. The summed E-state index contributed by atoms with van der Waals surface area (Å²) >= 11 is 0. The highest BCUT2D eigenvalue weighted by atomic mass is 32.2. The lowest BCUT2D eigenvalue weighted by atomic mass is 10.4. The van der Waals surface area contributed by atoms with Crippen LogP contribution in [0, 0.1) is 13.8 Å². The summed E-state index contributed by atoms with van der Waals surface area (Å²) in [4.78, 5) is 0. The topological polar surface area (TPSA) is 61.2 Å². The summed E-state index contributed by atoms with van der Waals surface area (Å²) in [6.45, 7) is 3.44. The Bertz CT molecular complexity index is 359. The molecule has 0 fully saturated rings. The largest absolute Gasteiger partial charge is 0.380 e. The summed E-state index contributed by atoms with van der Waals surface area (Å²) in [7, 11) is -1.12.